The van der Waals surface area contributed by atoms with Crippen LogP contribution in [-0.4, -0.2) is 32.7 Å². The third-order valence-electron chi connectivity index (χ3n) is 2.36. The highest BCUT2D eigenvalue weighted by Crippen LogP contribution is 2.24. The molecule has 0 aliphatic heterocycles. The quantitative estimate of drug-likeness (QED) is 0.791. The second kappa shape index (κ2) is 4.91. The highest BCUT2D eigenvalue weighted by Gasteiger charge is 2.15. The third kappa shape index (κ3) is 2.44. The van der Waals surface area contributed by atoms with E-state index in [4.69, 9.17) is 23.2 Å². The van der Waals surface area contributed by atoms with Crippen LogP contribution in [0.3, 0.4) is 0 Å². The molecule has 8 heteroatoms. The molecule has 2 heterocycles. The van der Waals surface area contributed by atoms with Gasteiger partial charge in [-0.1, -0.05) is 11.6 Å². The molecule has 0 fully saturated rings. The van der Waals surface area contributed by atoms with Crippen LogP contribution in [0, 0.1) is 0 Å². The summed E-state index contributed by atoms with van der Waals surface area (Å²) in [5.41, 5.74) is 1.11. The molecule has 0 aliphatic carbocycles. The van der Waals surface area contributed by atoms with E-state index in [1.54, 1.807) is 13.2 Å². The minimum atomic E-state index is -0.135. The molecule has 0 unspecified atom stereocenters. The number of carbonyl (C=O) groups is 1. The molecule has 0 bridgehead atoms. The molecule has 0 aliphatic rings. The van der Waals surface area contributed by atoms with Gasteiger partial charge in [0.2, 0.25) is 11.2 Å². The SMILES string of the molecule is CC(=O)N(C)c1cn(-c2cnc(Cl)nc2)nc1Cl. The van der Waals surface area contributed by atoms with E-state index in [-0.39, 0.29) is 16.3 Å². The van der Waals surface area contributed by atoms with E-state index >= 15 is 0 Å². The number of halogens is 2. The molecule has 0 N–H and O–H groups in total. The molecule has 6 nitrogen and oxygen atoms in total. The zero-order valence-electron chi connectivity index (χ0n) is 9.63. The van der Waals surface area contributed by atoms with Gasteiger partial charge in [-0.2, -0.15) is 5.10 Å². The Balaban J connectivity index is 2.40. The fourth-order valence-corrected chi connectivity index (χ4v) is 1.65. The lowest BCUT2D eigenvalue weighted by molar-refractivity contribution is -0.116. The highest BCUT2D eigenvalue weighted by molar-refractivity contribution is 6.32. The lowest BCUT2D eigenvalue weighted by Gasteiger charge is -2.11. The van der Waals surface area contributed by atoms with Gasteiger partial charge < -0.3 is 4.90 Å². The van der Waals surface area contributed by atoms with Crippen molar-refractivity contribution in [2.45, 2.75) is 6.92 Å². The van der Waals surface area contributed by atoms with E-state index in [1.165, 1.54) is 28.9 Å². The standard InChI is InChI=1S/C10H9Cl2N5O/c1-6(18)16(2)8-5-17(15-9(8)11)7-3-13-10(12)14-4-7/h3-5H,1-2H3. The van der Waals surface area contributed by atoms with Crippen molar-refractivity contribution in [1.82, 2.24) is 19.7 Å². The van der Waals surface area contributed by atoms with Gasteiger partial charge in [0.1, 0.15) is 11.4 Å². The Hall–Kier alpha value is -1.66. The summed E-state index contributed by atoms with van der Waals surface area (Å²) in [5, 5.41) is 4.45. The topological polar surface area (TPSA) is 63.9 Å². The number of anilines is 1. The molecule has 0 saturated heterocycles. The first-order chi connectivity index (χ1) is 8.49. The molecule has 1 amide bonds. The average Bonchev–Trinajstić information content (AvgIpc) is 2.71. The number of hydrogen-bond acceptors (Lipinski definition) is 4. The Morgan fingerprint density at radius 1 is 1.33 bits per heavy atom. The summed E-state index contributed by atoms with van der Waals surface area (Å²) >= 11 is 11.6. The number of carbonyl (C=O) groups excluding carboxylic acids is 1. The Morgan fingerprint density at radius 2 is 1.94 bits per heavy atom. The summed E-state index contributed by atoms with van der Waals surface area (Å²) in [5.74, 6) is -0.135. The zero-order valence-corrected chi connectivity index (χ0v) is 11.1. The molecule has 18 heavy (non-hydrogen) atoms. The van der Waals surface area contributed by atoms with Crippen molar-refractivity contribution >= 4 is 34.8 Å². The Morgan fingerprint density at radius 3 is 2.50 bits per heavy atom. The number of aromatic nitrogens is 4. The monoisotopic (exact) mass is 285 g/mol. The summed E-state index contributed by atoms with van der Waals surface area (Å²) < 4.78 is 1.48. The fourth-order valence-electron chi connectivity index (χ4n) is 1.29. The van der Waals surface area contributed by atoms with Crippen molar-refractivity contribution in [2.24, 2.45) is 0 Å². The molecular weight excluding hydrogens is 277 g/mol. The minimum absolute atomic E-state index is 0.135. The van der Waals surface area contributed by atoms with Crippen LogP contribution in [0.1, 0.15) is 6.92 Å². The van der Waals surface area contributed by atoms with E-state index < -0.39 is 0 Å². The molecule has 0 saturated carbocycles. The maximum atomic E-state index is 11.3. The highest BCUT2D eigenvalue weighted by atomic mass is 35.5. The van der Waals surface area contributed by atoms with E-state index in [9.17, 15) is 4.79 Å². The summed E-state index contributed by atoms with van der Waals surface area (Å²) in [6.07, 6.45) is 4.64. The molecule has 0 spiro atoms. The average molecular weight is 286 g/mol. The Kier molecular flexibility index (Phi) is 3.49. The first-order valence-electron chi connectivity index (χ1n) is 4.96. The van der Waals surface area contributed by atoms with E-state index in [0.29, 0.717) is 11.4 Å². The Bertz CT molecular complexity index is 580. The molecule has 0 atom stereocenters. The van der Waals surface area contributed by atoms with Crippen LogP contribution in [0.15, 0.2) is 18.6 Å². The number of hydrogen-bond donors (Lipinski definition) is 0. The number of rotatable bonds is 2. The first kappa shape index (κ1) is 12.8. The van der Waals surface area contributed by atoms with Crippen LogP contribution in [-0.2, 0) is 4.79 Å². The van der Waals surface area contributed by atoms with Gasteiger partial charge in [0.25, 0.3) is 0 Å². The second-order valence-corrected chi connectivity index (χ2v) is 4.23. The summed E-state index contributed by atoms with van der Waals surface area (Å²) in [6.45, 7) is 1.44. The van der Waals surface area contributed by atoms with Crippen LogP contribution < -0.4 is 4.90 Å². The minimum Gasteiger partial charge on any atom is -0.312 e. The van der Waals surface area contributed by atoms with Gasteiger partial charge in [0, 0.05) is 14.0 Å². The summed E-state index contributed by atoms with van der Waals surface area (Å²) in [4.78, 5) is 20.4. The van der Waals surface area contributed by atoms with Crippen LogP contribution in [0.25, 0.3) is 5.69 Å². The number of amides is 1. The van der Waals surface area contributed by atoms with Gasteiger partial charge in [-0.05, 0) is 11.6 Å². The van der Waals surface area contributed by atoms with Gasteiger partial charge in [-0.15, -0.1) is 0 Å². The molecule has 0 radical (unpaired) electrons. The lowest BCUT2D eigenvalue weighted by atomic mass is 10.4. The van der Waals surface area contributed by atoms with Crippen molar-refractivity contribution in [2.75, 3.05) is 11.9 Å². The van der Waals surface area contributed by atoms with Gasteiger partial charge in [-0.25, -0.2) is 14.6 Å². The van der Waals surface area contributed by atoms with Crippen molar-refractivity contribution < 1.29 is 4.79 Å². The van der Waals surface area contributed by atoms with Crippen molar-refractivity contribution in [1.29, 1.82) is 0 Å². The Labute approximate surface area is 113 Å². The van der Waals surface area contributed by atoms with Gasteiger partial charge in [0.15, 0.2) is 5.15 Å². The van der Waals surface area contributed by atoms with Crippen molar-refractivity contribution in [3.05, 3.63) is 29.0 Å². The van der Waals surface area contributed by atoms with Crippen molar-refractivity contribution in [3.8, 4) is 5.69 Å². The molecule has 0 aromatic carbocycles. The number of nitrogens with zero attached hydrogens (tertiary/aromatic N) is 5. The maximum Gasteiger partial charge on any atom is 0.223 e. The third-order valence-corrected chi connectivity index (χ3v) is 2.82. The summed E-state index contributed by atoms with van der Waals surface area (Å²) in [7, 11) is 1.62. The van der Waals surface area contributed by atoms with E-state index in [1.807, 2.05) is 0 Å². The second-order valence-electron chi connectivity index (χ2n) is 3.54. The van der Waals surface area contributed by atoms with Crippen LogP contribution in [0.4, 0.5) is 5.69 Å². The first-order valence-corrected chi connectivity index (χ1v) is 5.72. The molecule has 94 valence electrons. The van der Waals surface area contributed by atoms with Gasteiger partial charge in [0.05, 0.1) is 18.6 Å². The molecule has 2 aromatic heterocycles. The molecular formula is C10H9Cl2N5O. The predicted molar refractivity (Wildman–Crippen MR) is 68.3 cm³/mol. The van der Waals surface area contributed by atoms with E-state index in [0.717, 1.165) is 0 Å². The van der Waals surface area contributed by atoms with Crippen LogP contribution in [0.2, 0.25) is 10.4 Å². The normalized spacial score (nSPS) is 10.4. The van der Waals surface area contributed by atoms with E-state index in [2.05, 4.69) is 15.1 Å². The zero-order chi connectivity index (χ0) is 13.3. The largest absolute Gasteiger partial charge is 0.312 e. The molecule has 2 aromatic rings. The van der Waals surface area contributed by atoms with Gasteiger partial charge in [-0.3, -0.25) is 4.79 Å². The predicted octanol–water partition coefficient (Wildman–Crippen LogP) is 1.95. The maximum absolute atomic E-state index is 11.3. The fraction of sp³-hybridized carbons (Fsp3) is 0.200. The van der Waals surface area contributed by atoms with Crippen LogP contribution >= 0.6 is 23.2 Å². The smallest absolute Gasteiger partial charge is 0.223 e. The lowest BCUT2D eigenvalue weighted by Crippen LogP contribution is -2.22. The summed E-state index contributed by atoms with van der Waals surface area (Å²) in [6, 6.07) is 0. The van der Waals surface area contributed by atoms with Crippen LogP contribution in [0.5, 0.6) is 0 Å². The molecule has 2 rings (SSSR count). The van der Waals surface area contributed by atoms with Crippen molar-refractivity contribution in [3.63, 3.8) is 0 Å². The van der Waals surface area contributed by atoms with Gasteiger partial charge >= 0.3 is 0 Å².